The quantitative estimate of drug-likeness (QED) is 0.528. The van der Waals surface area contributed by atoms with E-state index in [1.165, 1.54) is 13.8 Å². The molecule has 1 aliphatic carbocycles. The van der Waals surface area contributed by atoms with Crippen LogP contribution in [0.4, 0.5) is 0 Å². The van der Waals surface area contributed by atoms with Crippen LogP contribution in [0.3, 0.4) is 0 Å². The summed E-state index contributed by atoms with van der Waals surface area (Å²) >= 11 is 0. The van der Waals surface area contributed by atoms with E-state index in [4.69, 9.17) is 14.2 Å². The van der Waals surface area contributed by atoms with Gasteiger partial charge in [-0.15, -0.1) is 0 Å². The SMILES string of the molecule is CO[C@H]1C=C[C@@H](OC(C)=O)[C@@H](OC(C)=O)C1. The summed E-state index contributed by atoms with van der Waals surface area (Å²) in [5.41, 5.74) is 0. The lowest BCUT2D eigenvalue weighted by molar-refractivity contribution is -0.164. The molecule has 1 rings (SSSR count). The highest BCUT2D eigenvalue weighted by Crippen LogP contribution is 2.20. The Balaban J connectivity index is 2.69. The van der Waals surface area contributed by atoms with Gasteiger partial charge in [0.15, 0.2) is 6.10 Å². The minimum atomic E-state index is -0.521. The predicted molar refractivity (Wildman–Crippen MR) is 55.7 cm³/mol. The van der Waals surface area contributed by atoms with Crippen molar-refractivity contribution in [1.82, 2.24) is 0 Å². The molecule has 5 heteroatoms. The molecule has 0 fully saturated rings. The van der Waals surface area contributed by atoms with Crippen LogP contribution in [0.25, 0.3) is 0 Å². The van der Waals surface area contributed by atoms with Gasteiger partial charge in [0, 0.05) is 27.4 Å². The highest BCUT2D eigenvalue weighted by molar-refractivity contribution is 5.67. The first-order valence-electron chi connectivity index (χ1n) is 5.08. The Morgan fingerprint density at radius 3 is 2.25 bits per heavy atom. The molecule has 0 aromatic heterocycles. The second kappa shape index (κ2) is 5.65. The molecule has 0 unspecified atom stereocenters. The fourth-order valence-electron chi connectivity index (χ4n) is 1.61. The van der Waals surface area contributed by atoms with Crippen LogP contribution in [-0.2, 0) is 23.8 Å². The van der Waals surface area contributed by atoms with E-state index >= 15 is 0 Å². The van der Waals surface area contributed by atoms with Crippen molar-refractivity contribution in [1.29, 1.82) is 0 Å². The van der Waals surface area contributed by atoms with Crippen LogP contribution < -0.4 is 0 Å². The fraction of sp³-hybridized carbons (Fsp3) is 0.636. The van der Waals surface area contributed by atoms with Gasteiger partial charge in [0.1, 0.15) is 6.10 Å². The van der Waals surface area contributed by atoms with E-state index < -0.39 is 24.1 Å². The Hall–Kier alpha value is -1.36. The third kappa shape index (κ3) is 3.66. The van der Waals surface area contributed by atoms with E-state index in [0.29, 0.717) is 6.42 Å². The van der Waals surface area contributed by atoms with Crippen LogP contribution in [0.2, 0.25) is 0 Å². The monoisotopic (exact) mass is 228 g/mol. The molecule has 0 heterocycles. The minimum absolute atomic E-state index is 0.115. The van der Waals surface area contributed by atoms with E-state index in [1.54, 1.807) is 19.3 Å². The van der Waals surface area contributed by atoms with Crippen LogP contribution in [0, 0.1) is 0 Å². The second-order valence-corrected chi connectivity index (χ2v) is 3.62. The molecule has 0 bridgehead atoms. The van der Waals surface area contributed by atoms with Gasteiger partial charge in [-0.05, 0) is 6.08 Å². The van der Waals surface area contributed by atoms with Gasteiger partial charge in [-0.2, -0.15) is 0 Å². The molecule has 0 aliphatic heterocycles. The molecule has 16 heavy (non-hydrogen) atoms. The molecule has 0 aromatic rings. The summed E-state index contributed by atoms with van der Waals surface area (Å²) in [7, 11) is 1.58. The molecule has 0 N–H and O–H groups in total. The number of carbonyl (C=O) groups excluding carboxylic acids is 2. The lowest BCUT2D eigenvalue weighted by atomic mass is 9.99. The second-order valence-electron chi connectivity index (χ2n) is 3.62. The largest absolute Gasteiger partial charge is 0.458 e. The molecule has 1 aliphatic rings. The molecule has 0 saturated carbocycles. The zero-order valence-electron chi connectivity index (χ0n) is 9.64. The molecule has 0 radical (unpaired) electrons. The van der Waals surface area contributed by atoms with Crippen LogP contribution in [0.5, 0.6) is 0 Å². The van der Waals surface area contributed by atoms with Crippen LogP contribution in [-0.4, -0.2) is 37.4 Å². The average Bonchev–Trinajstić information content (AvgIpc) is 2.19. The standard InChI is InChI=1S/C11H16O5/c1-7(12)15-10-5-4-9(14-3)6-11(10)16-8(2)13/h4-5,9-11H,6H2,1-3H3/t9-,10+,11-/m0/s1. The molecule has 0 spiro atoms. The van der Waals surface area contributed by atoms with E-state index in [-0.39, 0.29) is 6.10 Å². The first-order chi connectivity index (χ1) is 7.52. The van der Waals surface area contributed by atoms with Crippen molar-refractivity contribution in [2.24, 2.45) is 0 Å². The molecule has 0 amide bonds. The van der Waals surface area contributed by atoms with E-state index in [1.807, 2.05) is 0 Å². The maximum atomic E-state index is 10.9. The molecule has 5 nitrogen and oxygen atoms in total. The van der Waals surface area contributed by atoms with Crippen molar-refractivity contribution < 1.29 is 23.8 Å². The van der Waals surface area contributed by atoms with Crippen molar-refractivity contribution in [2.45, 2.75) is 38.6 Å². The third-order valence-electron chi connectivity index (χ3n) is 2.27. The number of hydrogen-bond acceptors (Lipinski definition) is 5. The van der Waals surface area contributed by atoms with E-state index in [9.17, 15) is 9.59 Å². The number of methoxy groups -OCH3 is 1. The Kier molecular flexibility index (Phi) is 4.49. The van der Waals surface area contributed by atoms with Gasteiger partial charge in [0.2, 0.25) is 0 Å². The zero-order chi connectivity index (χ0) is 12.1. The van der Waals surface area contributed by atoms with Crippen molar-refractivity contribution in [3.8, 4) is 0 Å². The summed E-state index contributed by atoms with van der Waals surface area (Å²) < 4.78 is 15.3. The summed E-state index contributed by atoms with van der Waals surface area (Å²) in [6.45, 7) is 2.64. The molecule has 0 aromatic carbocycles. The number of rotatable bonds is 3. The van der Waals surface area contributed by atoms with Crippen molar-refractivity contribution >= 4 is 11.9 Å². The maximum absolute atomic E-state index is 10.9. The topological polar surface area (TPSA) is 61.8 Å². The summed E-state index contributed by atoms with van der Waals surface area (Å²) in [6, 6.07) is 0. The number of carbonyl (C=O) groups is 2. The predicted octanol–water partition coefficient (Wildman–Crippen LogP) is 0.825. The molecule has 0 saturated heterocycles. The van der Waals surface area contributed by atoms with Gasteiger partial charge >= 0.3 is 11.9 Å². The van der Waals surface area contributed by atoms with Crippen molar-refractivity contribution in [2.75, 3.05) is 7.11 Å². The third-order valence-corrected chi connectivity index (χ3v) is 2.27. The summed E-state index contributed by atoms with van der Waals surface area (Å²) in [5, 5.41) is 0. The Bertz CT molecular complexity index is 297. The Labute approximate surface area is 94.4 Å². The van der Waals surface area contributed by atoms with Gasteiger partial charge in [-0.25, -0.2) is 0 Å². The van der Waals surface area contributed by atoms with Gasteiger partial charge in [-0.3, -0.25) is 9.59 Å². The number of hydrogen-bond donors (Lipinski definition) is 0. The Morgan fingerprint density at radius 2 is 1.75 bits per heavy atom. The molecule has 3 atom stereocenters. The summed E-state index contributed by atoms with van der Waals surface area (Å²) in [6.07, 6.45) is 2.87. The highest BCUT2D eigenvalue weighted by Gasteiger charge is 2.31. The first kappa shape index (κ1) is 12.7. The van der Waals surface area contributed by atoms with Gasteiger partial charge < -0.3 is 14.2 Å². The van der Waals surface area contributed by atoms with E-state index in [0.717, 1.165) is 0 Å². The van der Waals surface area contributed by atoms with Gasteiger partial charge in [0.25, 0.3) is 0 Å². The highest BCUT2D eigenvalue weighted by atomic mass is 16.6. The molecular formula is C11H16O5. The summed E-state index contributed by atoms with van der Waals surface area (Å²) in [5.74, 6) is -0.796. The smallest absolute Gasteiger partial charge is 0.303 e. The minimum Gasteiger partial charge on any atom is -0.458 e. The van der Waals surface area contributed by atoms with Crippen LogP contribution in [0.15, 0.2) is 12.2 Å². The van der Waals surface area contributed by atoms with Crippen molar-refractivity contribution in [3.05, 3.63) is 12.2 Å². The fourth-order valence-corrected chi connectivity index (χ4v) is 1.61. The Morgan fingerprint density at radius 1 is 1.12 bits per heavy atom. The lowest BCUT2D eigenvalue weighted by Crippen LogP contribution is -2.39. The van der Waals surface area contributed by atoms with Crippen LogP contribution >= 0.6 is 0 Å². The van der Waals surface area contributed by atoms with E-state index in [2.05, 4.69) is 0 Å². The molecular weight excluding hydrogens is 212 g/mol. The average molecular weight is 228 g/mol. The number of ether oxygens (including phenoxy) is 3. The van der Waals surface area contributed by atoms with Crippen molar-refractivity contribution in [3.63, 3.8) is 0 Å². The van der Waals surface area contributed by atoms with Gasteiger partial charge in [0.05, 0.1) is 6.10 Å². The van der Waals surface area contributed by atoms with Crippen LogP contribution in [0.1, 0.15) is 20.3 Å². The lowest BCUT2D eigenvalue weighted by Gasteiger charge is -2.29. The normalized spacial score (nSPS) is 28.6. The maximum Gasteiger partial charge on any atom is 0.303 e. The first-order valence-corrected chi connectivity index (χ1v) is 5.08. The molecule has 90 valence electrons. The van der Waals surface area contributed by atoms with Gasteiger partial charge in [-0.1, -0.05) is 6.08 Å². The zero-order valence-corrected chi connectivity index (χ0v) is 9.64. The number of esters is 2. The summed E-state index contributed by atoms with van der Waals surface area (Å²) in [4.78, 5) is 21.8.